The van der Waals surface area contributed by atoms with Crippen LogP contribution < -0.4 is 14.4 Å². The third kappa shape index (κ3) is 6.20. The van der Waals surface area contributed by atoms with E-state index in [9.17, 15) is 13.2 Å². The van der Waals surface area contributed by atoms with Crippen molar-refractivity contribution in [3.05, 3.63) is 54.1 Å². The van der Waals surface area contributed by atoms with Crippen molar-refractivity contribution in [3.8, 4) is 5.75 Å². The van der Waals surface area contributed by atoms with Crippen molar-refractivity contribution in [2.75, 3.05) is 44.6 Å². The lowest BCUT2D eigenvalue weighted by Crippen LogP contribution is -2.42. The molecule has 0 bridgehead atoms. The molecule has 0 atom stereocenters. The molecule has 29 heavy (non-hydrogen) atoms. The van der Waals surface area contributed by atoms with E-state index in [1.165, 1.54) is 0 Å². The fourth-order valence-corrected chi connectivity index (χ4v) is 4.11. The van der Waals surface area contributed by atoms with E-state index in [2.05, 4.69) is 5.32 Å². The van der Waals surface area contributed by atoms with E-state index < -0.39 is 10.0 Å². The van der Waals surface area contributed by atoms with E-state index in [-0.39, 0.29) is 17.3 Å². The van der Waals surface area contributed by atoms with Crippen molar-refractivity contribution in [1.82, 2.24) is 10.2 Å². The van der Waals surface area contributed by atoms with Crippen molar-refractivity contribution in [3.63, 3.8) is 0 Å². The van der Waals surface area contributed by atoms with Gasteiger partial charge in [-0.2, -0.15) is 0 Å². The number of rotatable bonds is 10. The molecule has 2 aromatic rings. The Morgan fingerprint density at radius 2 is 1.72 bits per heavy atom. The number of likely N-dealkylation sites (N-methyl/N-ethyl adjacent to an activating group) is 1. The smallest absolute Gasteiger partial charge is 0.264 e. The molecule has 0 aliphatic heterocycles. The summed E-state index contributed by atoms with van der Waals surface area (Å²) in [5.74, 6) is 0.0283. The average molecular weight is 420 g/mol. The summed E-state index contributed by atoms with van der Waals surface area (Å²) in [5.41, 5.74) is 1.28. The van der Waals surface area contributed by atoms with Gasteiger partial charge in [0.1, 0.15) is 12.3 Å². The van der Waals surface area contributed by atoms with Crippen LogP contribution in [-0.4, -0.2) is 59.6 Å². The molecule has 0 aromatic heterocycles. The van der Waals surface area contributed by atoms with Gasteiger partial charge in [-0.05, 0) is 52.2 Å². The molecule has 0 saturated heterocycles. The molecule has 0 saturated carbocycles. The molecule has 158 valence electrons. The van der Waals surface area contributed by atoms with Gasteiger partial charge in [-0.1, -0.05) is 29.8 Å². The summed E-state index contributed by atoms with van der Waals surface area (Å²) in [7, 11) is -0.163. The van der Waals surface area contributed by atoms with Gasteiger partial charge < -0.3 is 15.0 Å². The molecule has 7 nitrogen and oxygen atoms in total. The first kappa shape index (κ1) is 22.7. The number of aryl methyl sites for hydroxylation is 1. The molecule has 1 N–H and O–H groups in total. The second-order valence-electron chi connectivity index (χ2n) is 6.88. The number of nitrogens with zero attached hydrogens (tertiary/aromatic N) is 2. The van der Waals surface area contributed by atoms with Gasteiger partial charge in [-0.25, -0.2) is 8.42 Å². The van der Waals surface area contributed by atoms with Crippen LogP contribution in [0.15, 0.2) is 53.4 Å². The Hall–Kier alpha value is -2.58. The standard InChI is InChI=1S/C21H29N3O4S/c1-5-28-20-9-7-6-8-19(20)24(16-21(25)22-14-15-23(3)4)29(26,27)18-12-10-17(2)11-13-18/h6-13H,5,14-16H2,1-4H3,(H,22,25). The molecular weight excluding hydrogens is 390 g/mol. The fourth-order valence-electron chi connectivity index (χ4n) is 2.68. The molecule has 8 heteroatoms. The Labute approximate surface area is 173 Å². The van der Waals surface area contributed by atoms with Crippen LogP contribution in [0.1, 0.15) is 12.5 Å². The minimum atomic E-state index is -3.97. The average Bonchev–Trinajstić information content (AvgIpc) is 2.67. The van der Waals surface area contributed by atoms with Crippen molar-refractivity contribution < 1.29 is 17.9 Å². The van der Waals surface area contributed by atoms with E-state index in [0.29, 0.717) is 31.1 Å². The molecule has 0 aliphatic carbocycles. The Bertz CT molecular complexity index is 912. The summed E-state index contributed by atoms with van der Waals surface area (Å²) in [6.45, 7) is 4.84. The maximum atomic E-state index is 13.4. The number of anilines is 1. The first-order valence-corrected chi connectivity index (χ1v) is 10.9. The quantitative estimate of drug-likeness (QED) is 0.639. The second kappa shape index (κ2) is 10.3. The number of carbonyl (C=O) groups excluding carboxylic acids is 1. The third-order valence-corrected chi connectivity index (χ3v) is 5.99. The van der Waals surface area contributed by atoms with Crippen molar-refractivity contribution in [1.29, 1.82) is 0 Å². The Kier molecular flexibility index (Phi) is 8.04. The third-order valence-electron chi connectivity index (χ3n) is 4.21. The lowest BCUT2D eigenvalue weighted by molar-refractivity contribution is -0.119. The number of sulfonamides is 1. The molecular formula is C21H29N3O4S. The number of para-hydroxylation sites is 2. The van der Waals surface area contributed by atoms with Crippen LogP contribution >= 0.6 is 0 Å². The van der Waals surface area contributed by atoms with Crippen LogP contribution in [0, 0.1) is 6.92 Å². The van der Waals surface area contributed by atoms with Gasteiger partial charge in [-0.15, -0.1) is 0 Å². The van der Waals surface area contributed by atoms with E-state index >= 15 is 0 Å². The van der Waals surface area contributed by atoms with Crippen LogP contribution in [0.5, 0.6) is 5.75 Å². The zero-order valence-corrected chi connectivity index (χ0v) is 18.2. The van der Waals surface area contributed by atoms with Crippen molar-refractivity contribution >= 4 is 21.6 Å². The summed E-state index contributed by atoms with van der Waals surface area (Å²) in [4.78, 5) is 14.6. The van der Waals surface area contributed by atoms with Gasteiger partial charge in [0.25, 0.3) is 10.0 Å². The molecule has 0 unspecified atom stereocenters. The number of ether oxygens (including phenoxy) is 1. The minimum Gasteiger partial charge on any atom is -0.492 e. The van der Waals surface area contributed by atoms with Crippen molar-refractivity contribution in [2.24, 2.45) is 0 Å². The van der Waals surface area contributed by atoms with E-state index in [4.69, 9.17) is 4.74 Å². The number of hydrogen-bond acceptors (Lipinski definition) is 5. The Morgan fingerprint density at radius 3 is 2.34 bits per heavy atom. The van der Waals surface area contributed by atoms with Gasteiger partial charge in [0.15, 0.2) is 0 Å². The number of amides is 1. The molecule has 2 aromatic carbocycles. The van der Waals surface area contributed by atoms with Crippen LogP contribution in [0.4, 0.5) is 5.69 Å². The van der Waals surface area contributed by atoms with Gasteiger partial charge in [-0.3, -0.25) is 9.10 Å². The second-order valence-corrected chi connectivity index (χ2v) is 8.74. The van der Waals surface area contributed by atoms with Gasteiger partial charge >= 0.3 is 0 Å². The largest absolute Gasteiger partial charge is 0.492 e. The lowest BCUT2D eigenvalue weighted by atomic mass is 10.2. The topological polar surface area (TPSA) is 79.0 Å². The molecule has 0 fully saturated rings. The predicted molar refractivity (Wildman–Crippen MR) is 115 cm³/mol. The number of hydrogen-bond donors (Lipinski definition) is 1. The Balaban J connectivity index is 2.40. The van der Waals surface area contributed by atoms with Gasteiger partial charge in [0.05, 0.1) is 17.2 Å². The minimum absolute atomic E-state index is 0.121. The first-order valence-electron chi connectivity index (χ1n) is 9.48. The highest BCUT2D eigenvalue weighted by molar-refractivity contribution is 7.92. The first-order chi connectivity index (χ1) is 13.8. The summed E-state index contributed by atoms with van der Waals surface area (Å²) in [6, 6.07) is 13.4. The summed E-state index contributed by atoms with van der Waals surface area (Å²) in [5, 5.41) is 2.77. The van der Waals surface area contributed by atoms with Gasteiger partial charge in [0, 0.05) is 13.1 Å². The molecule has 0 radical (unpaired) electrons. The highest BCUT2D eigenvalue weighted by Crippen LogP contribution is 2.32. The zero-order valence-electron chi connectivity index (χ0n) is 17.4. The van der Waals surface area contributed by atoms with E-state index in [0.717, 1.165) is 9.87 Å². The molecule has 0 heterocycles. The zero-order chi connectivity index (χ0) is 21.4. The van der Waals surface area contributed by atoms with Crippen LogP contribution in [-0.2, 0) is 14.8 Å². The van der Waals surface area contributed by atoms with Crippen LogP contribution in [0.25, 0.3) is 0 Å². The highest BCUT2D eigenvalue weighted by atomic mass is 32.2. The highest BCUT2D eigenvalue weighted by Gasteiger charge is 2.29. The summed E-state index contributed by atoms with van der Waals surface area (Å²) >= 11 is 0. The Morgan fingerprint density at radius 1 is 1.07 bits per heavy atom. The maximum absolute atomic E-state index is 13.4. The predicted octanol–water partition coefficient (Wildman–Crippen LogP) is 2.27. The SMILES string of the molecule is CCOc1ccccc1N(CC(=O)NCCN(C)C)S(=O)(=O)c1ccc(C)cc1. The molecule has 2 rings (SSSR count). The maximum Gasteiger partial charge on any atom is 0.264 e. The van der Waals surface area contributed by atoms with Crippen molar-refractivity contribution in [2.45, 2.75) is 18.7 Å². The number of benzene rings is 2. The van der Waals surface area contributed by atoms with Gasteiger partial charge in [0.2, 0.25) is 5.91 Å². The number of nitrogens with one attached hydrogen (secondary N) is 1. The van der Waals surface area contributed by atoms with E-state index in [1.807, 2.05) is 32.8 Å². The van der Waals surface area contributed by atoms with Crippen LogP contribution in [0.2, 0.25) is 0 Å². The fraction of sp³-hybridized carbons (Fsp3) is 0.381. The molecule has 0 spiro atoms. The number of carbonyl (C=O) groups is 1. The monoisotopic (exact) mass is 419 g/mol. The summed E-state index contributed by atoms with van der Waals surface area (Å²) in [6.07, 6.45) is 0. The normalized spacial score (nSPS) is 11.3. The van der Waals surface area contributed by atoms with E-state index in [1.54, 1.807) is 48.5 Å². The molecule has 1 amide bonds. The summed E-state index contributed by atoms with van der Waals surface area (Å²) < 4.78 is 33.5. The molecule has 0 aliphatic rings. The van der Waals surface area contributed by atoms with Crippen LogP contribution in [0.3, 0.4) is 0 Å². The lowest BCUT2D eigenvalue weighted by Gasteiger charge is -2.26.